The van der Waals surface area contributed by atoms with Crippen molar-refractivity contribution in [1.82, 2.24) is 14.8 Å². The Morgan fingerprint density at radius 3 is 2.24 bits per heavy atom. The maximum Gasteiger partial charge on any atom is 0.224 e. The third kappa shape index (κ3) is 6.47. The number of hydrogen-bond acceptors (Lipinski definition) is 6. The molecule has 0 fully saturated rings. The molecule has 1 aromatic heterocycles. The molecule has 1 heterocycles. The molecule has 3 rings (SSSR count). The van der Waals surface area contributed by atoms with Crippen LogP contribution in [0.4, 0.5) is 11.4 Å². The molecule has 3 aromatic rings. The van der Waals surface area contributed by atoms with Crippen LogP contribution in [0.5, 0.6) is 0 Å². The van der Waals surface area contributed by atoms with Crippen LogP contribution in [-0.2, 0) is 11.8 Å². The number of anilines is 2. The molecule has 34 heavy (non-hydrogen) atoms. The van der Waals surface area contributed by atoms with Crippen LogP contribution in [0.3, 0.4) is 0 Å². The molecule has 0 aliphatic rings. The number of aromatic nitrogens is 3. The van der Waals surface area contributed by atoms with E-state index in [1.54, 1.807) is 24.3 Å². The summed E-state index contributed by atoms with van der Waals surface area (Å²) in [7, 11) is 1.91. The van der Waals surface area contributed by atoms with Crippen molar-refractivity contribution in [3.05, 3.63) is 54.1 Å². The van der Waals surface area contributed by atoms with E-state index in [1.165, 1.54) is 17.4 Å². The Balaban J connectivity index is 1.60. The minimum absolute atomic E-state index is 0.00168. The van der Waals surface area contributed by atoms with Crippen molar-refractivity contribution in [2.75, 3.05) is 29.1 Å². The molecule has 8 heteroatoms. The van der Waals surface area contributed by atoms with Gasteiger partial charge >= 0.3 is 0 Å². The van der Waals surface area contributed by atoms with Crippen LogP contribution in [0, 0.1) is 5.92 Å². The van der Waals surface area contributed by atoms with E-state index in [9.17, 15) is 9.59 Å². The molecule has 0 spiro atoms. The first-order valence-corrected chi connectivity index (χ1v) is 12.6. The third-order valence-electron chi connectivity index (χ3n) is 5.51. The maximum atomic E-state index is 12.7. The molecule has 0 bridgehead atoms. The van der Waals surface area contributed by atoms with Gasteiger partial charge in [-0.1, -0.05) is 25.6 Å². The second-order valence-electron chi connectivity index (χ2n) is 8.52. The average molecular weight is 480 g/mol. The van der Waals surface area contributed by atoms with Gasteiger partial charge in [0.1, 0.15) is 0 Å². The van der Waals surface area contributed by atoms with Crippen LogP contribution >= 0.6 is 11.8 Å². The summed E-state index contributed by atoms with van der Waals surface area (Å²) in [6, 6.07) is 15.3. The summed E-state index contributed by atoms with van der Waals surface area (Å²) >= 11 is 1.36. The minimum Gasteiger partial charge on any atom is -0.372 e. The van der Waals surface area contributed by atoms with E-state index in [2.05, 4.69) is 58.5 Å². The predicted octanol–water partition coefficient (Wildman–Crippen LogP) is 5.29. The Bertz CT molecular complexity index is 1100. The van der Waals surface area contributed by atoms with Crippen LogP contribution in [-0.4, -0.2) is 45.3 Å². The van der Waals surface area contributed by atoms with Gasteiger partial charge in [-0.25, -0.2) is 0 Å². The zero-order valence-electron chi connectivity index (χ0n) is 20.5. The molecule has 0 aliphatic carbocycles. The van der Waals surface area contributed by atoms with Crippen LogP contribution < -0.4 is 10.2 Å². The van der Waals surface area contributed by atoms with E-state index >= 15 is 0 Å². The monoisotopic (exact) mass is 479 g/mol. The van der Waals surface area contributed by atoms with Gasteiger partial charge in [0, 0.05) is 49.1 Å². The van der Waals surface area contributed by atoms with E-state index < -0.39 is 0 Å². The smallest absolute Gasteiger partial charge is 0.224 e. The number of ketones is 1. The molecule has 0 aliphatic heterocycles. The summed E-state index contributed by atoms with van der Waals surface area (Å²) in [5.41, 5.74) is 3.46. The van der Waals surface area contributed by atoms with E-state index in [-0.39, 0.29) is 17.4 Å². The third-order valence-corrected chi connectivity index (χ3v) is 6.53. The Hall–Kier alpha value is -3.13. The molecule has 1 amide bonds. The van der Waals surface area contributed by atoms with Gasteiger partial charge in [-0.15, -0.1) is 10.2 Å². The lowest BCUT2D eigenvalue weighted by Crippen LogP contribution is -2.21. The van der Waals surface area contributed by atoms with E-state index in [0.29, 0.717) is 28.7 Å². The standard InChI is InChI=1S/C26H33N5O2S/c1-6-31(7-2)22-14-10-20(11-15-22)25-28-29-26(30(25)5)34-17-23(32)19-8-12-21(13-9-19)27-24(33)16-18(3)4/h8-15,18H,6-7,16-17H2,1-5H3,(H,27,33). The van der Waals surface area contributed by atoms with Crippen molar-refractivity contribution in [2.24, 2.45) is 13.0 Å². The lowest BCUT2D eigenvalue weighted by Gasteiger charge is -2.21. The first kappa shape index (κ1) is 25.5. The Morgan fingerprint density at radius 2 is 1.65 bits per heavy atom. The highest BCUT2D eigenvalue weighted by Crippen LogP contribution is 2.25. The van der Waals surface area contributed by atoms with Crippen LogP contribution in [0.15, 0.2) is 53.7 Å². The van der Waals surface area contributed by atoms with E-state index in [4.69, 9.17) is 0 Å². The number of rotatable bonds is 11. The van der Waals surface area contributed by atoms with Crippen molar-refractivity contribution < 1.29 is 9.59 Å². The second kappa shape index (κ2) is 11.8. The van der Waals surface area contributed by atoms with Crippen LogP contribution in [0.25, 0.3) is 11.4 Å². The molecule has 0 radical (unpaired) electrons. The number of nitrogens with zero attached hydrogens (tertiary/aromatic N) is 4. The molecule has 1 N–H and O–H groups in total. The highest BCUT2D eigenvalue weighted by molar-refractivity contribution is 7.99. The van der Waals surface area contributed by atoms with Gasteiger partial charge < -0.3 is 14.8 Å². The highest BCUT2D eigenvalue weighted by atomic mass is 32.2. The normalized spacial score (nSPS) is 11.0. The van der Waals surface area contributed by atoms with Gasteiger partial charge in [-0.2, -0.15) is 0 Å². The summed E-state index contributed by atoms with van der Waals surface area (Å²) < 4.78 is 1.91. The lowest BCUT2D eigenvalue weighted by atomic mass is 10.1. The summed E-state index contributed by atoms with van der Waals surface area (Å²) in [4.78, 5) is 26.9. The fraction of sp³-hybridized carbons (Fsp3) is 0.385. The number of benzene rings is 2. The number of carbonyl (C=O) groups excluding carboxylic acids is 2. The molecule has 180 valence electrons. The molecule has 0 saturated heterocycles. The number of amides is 1. The van der Waals surface area contributed by atoms with Crippen molar-refractivity contribution in [3.8, 4) is 11.4 Å². The zero-order chi connectivity index (χ0) is 24.7. The molecular formula is C26H33N5O2S. The fourth-order valence-corrected chi connectivity index (χ4v) is 4.44. The molecule has 2 aromatic carbocycles. The first-order valence-electron chi connectivity index (χ1n) is 11.6. The second-order valence-corrected chi connectivity index (χ2v) is 9.46. The Labute approximate surface area is 206 Å². The minimum atomic E-state index is -0.0228. The van der Waals surface area contributed by atoms with Crippen molar-refractivity contribution >= 4 is 34.8 Å². The topological polar surface area (TPSA) is 80.1 Å². The number of carbonyl (C=O) groups is 2. The summed E-state index contributed by atoms with van der Waals surface area (Å²) in [5, 5.41) is 12.2. The lowest BCUT2D eigenvalue weighted by molar-refractivity contribution is -0.116. The summed E-state index contributed by atoms with van der Waals surface area (Å²) in [6.07, 6.45) is 0.469. The molecule has 0 saturated carbocycles. The van der Waals surface area contributed by atoms with E-state index in [1.807, 2.05) is 25.5 Å². The summed E-state index contributed by atoms with van der Waals surface area (Å²) in [5.74, 6) is 1.29. The average Bonchev–Trinajstić information content (AvgIpc) is 3.19. The Morgan fingerprint density at radius 1 is 1.00 bits per heavy atom. The van der Waals surface area contributed by atoms with Crippen molar-refractivity contribution in [2.45, 2.75) is 39.3 Å². The van der Waals surface area contributed by atoms with Crippen molar-refractivity contribution in [1.29, 1.82) is 0 Å². The van der Waals surface area contributed by atoms with Gasteiger partial charge in [-0.05, 0) is 68.3 Å². The summed E-state index contributed by atoms with van der Waals surface area (Å²) in [6.45, 7) is 10.2. The molecule has 7 nitrogen and oxygen atoms in total. The Kier molecular flexibility index (Phi) is 8.87. The zero-order valence-corrected chi connectivity index (χ0v) is 21.4. The molecular weight excluding hydrogens is 446 g/mol. The van der Waals surface area contributed by atoms with Gasteiger partial charge in [0.25, 0.3) is 0 Å². The molecule has 0 unspecified atom stereocenters. The van der Waals surface area contributed by atoms with Gasteiger partial charge in [0.15, 0.2) is 16.8 Å². The fourth-order valence-electron chi connectivity index (χ4n) is 3.64. The SMILES string of the molecule is CCN(CC)c1ccc(-c2nnc(SCC(=O)c3ccc(NC(=O)CC(C)C)cc3)n2C)cc1. The maximum absolute atomic E-state index is 12.7. The highest BCUT2D eigenvalue weighted by Gasteiger charge is 2.15. The quantitative estimate of drug-likeness (QED) is 0.297. The number of nitrogens with one attached hydrogen (secondary N) is 1. The van der Waals surface area contributed by atoms with Gasteiger partial charge in [0.05, 0.1) is 5.75 Å². The van der Waals surface area contributed by atoms with E-state index in [0.717, 1.165) is 24.5 Å². The largest absolute Gasteiger partial charge is 0.372 e. The van der Waals surface area contributed by atoms with Gasteiger partial charge in [0.2, 0.25) is 5.91 Å². The predicted molar refractivity (Wildman–Crippen MR) is 140 cm³/mol. The number of hydrogen-bond donors (Lipinski definition) is 1. The first-order chi connectivity index (χ1) is 16.3. The number of Topliss-reactive ketones (excluding diaryl/α,β-unsaturated/α-hetero) is 1. The van der Waals surface area contributed by atoms with Gasteiger partial charge in [-0.3, -0.25) is 9.59 Å². The van der Waals surface area contributed by atoms with Crippen LogP contribution in [0.1, 0.15) is 44.5 Å². The number of thioether (sulfide) groups is 1. The molecule has 0 atom stereocenters. The van der Waals surface area contributed by atoms with Crippen LogP contribution in [0.2, 0.25) is 0 Å². The van der Waals surface area contributed by atoms with Crippen molar-refractivity contribution in [3.63, 3.8) is 0 Å².